The van der Waals surface area contributed by atoms with Crippen molar-refractivity contribution in [1.82, 2.24) is 9.88 Å². The van der Waals surface area contributed by atoms with Crippen LogP contribution >= 0.6 is 0 Å². The summed E-state index contributed by atoms with van der Waals surface area (Å²) in [7, 11) is 3.98. The van der Waals surface area contributed by atoms with Crippen LogP contribution in [0, 0.1) is 17.0 Å². The highest BCUT2D eigenvalue weighted by Gasteiger charge is 2.08. The fourth-order valence-corrected chi connectivity index (χ4v) is 1.44. The quantitative estimate of drug-likeness (QED) is 0.434. The van der Waals surface area contributed by atoms with Crippen LogP contribution in [0.25, 0.3) is 0 Å². The highest BCUT2D eigenvalue weighted by Crippen LogP contribution is 2.17. The Morgan fingerprint density at radius 2 is 2.21 bits per heavy atom. The van der Waals surface area contributed by atoms with Crippen LogP contribution in [0.15, 0.2) is 12.3 Å². The van der Waals surface area contributed by atoms with Crippen LogP contribution in [-0.4, -0.2) is 55.2 Å². The first-order valence-electron chi connectivity index (χ1n) is 6.08. The van der Waals surface area contributed by atoms with Crippen molar-refractivity contribution in [2.24, 2.45) is 0 Å². The number of aryl methyl sites for hydroxylation is 1. The summed E-state index contributed by atoms with van der Waals surface area (Å²) in [6.07, 6.45) is 1.25. The molecule has 0 aromatic carbocycles. The van der Waals surface area contributed by atoms with Crippen LogP contribution < -0.4 is 5.32 Å². The van der Waals surface area contributed by atoms with E-state index in [2.05, 4.69) is 15.2 Å². The van der Waals surface area contributed by atoms with Crippen molar-refractivity contribution in [3.8, 4) is 0 Å². The maximum absolute atomic E-state index is 10.6. The molecule has 19 heavy (non-hydrogen) atoms. The zero-order valence-electron chi connectivity index (χ0n) is 11.5. The smallest absolute Gasteiger partial charge is 0.287 e. The van der Waals surface area contributed by atoms with Gasteiger partial charge in [-0.3, -0.25) is 10.1 Å². The van der Waals surface area contributed by atoms with E-state index in [0.29, 0.717) is 25.6 Å². The molecule has 0 bridgehead atoms. The molecule has 0 aliphatic rings. The molecule has 1 aromatic heterocycles. The highest BCUT2D eigenvalue weighted by atomic mass is 16.6. The third-order valence-electron chi connectivity index (χ3n) is 2.50. The molecule has 0 saturated carbocycles. The van der Waals surface area contributed by atoms with Gasteiger partial charge in [-0.25, -0.2) is 4.98 Å². The minimum Gasteiger partial charge on any atom is -0.378 e. The average molecular weight is 268 g/mol. The molecule has 7 nitrogen and oxygen atoms in total. The second-order valence-electron chi connectivity index (χ2n) is 4.46. The van der Waals surface area contributed by atoms with Crippen LogP contribution in [0.2, 0.25) is 0 Å². The number of hydrogen-bond acceptors (Lipinski definition) is 6. The van der Waals surface area contributed by atoms with Crippen LogP contribution in [0.4, 0.5) is 11.5 Å². The van der Waals surface area contributed by atoms with Crippen molar-refractivity contribution in [3.63, 3.8) is 0 Å². The van der Waals surface area contributed by atoms with Crippen LogP contribution in [0.1, 0.15) is 5.56 Å². The van der Waals surface area contributed by atoms with Crippen LogP contribution in [0.5, 0.6) is 0 Å². The summed E-state index contributed by atoms with van der Waals surface area (Å²) in [6.45, 7) is 4.55. The van der Waals surface area contributed by atoms with Gasteiger partial charge in [-0.2, -0.15) is 0 Å². The number of ether oxygens (including phenoxy) is 1. The minimum absolute atomic E-state index is 0.00489. The summed E-state index contributed by atoms with van der Waals surface area (Å²) in [5, 5.41) is 13.7. The van der Waals surface area contributed by atoms with E-state index in [-0.39, 0.29) is 5.69 Å². The van der Waals surface area contributed by atoms with Gasteiger partial charge in [-0.1, -0.05) is 0 Å². The lowest BCUT2D eigenvalue weighted by molar-refractivity contribution is -0.385. The summed E-state index contributed by atoms with van der Waals surface area (Å²) in [5.41, 5.74) is 0.757. The maximum atomic E-state index is 10.6. The van der Waals surface area contributed by atoms with Gasteiger partial charge in [0.2, 0.25) is 0 Å². The molecule has 0 saturated heterocycles. The number of aromatic nitrogens is 1. The number of hydrogen-bond donors (Lipinski definition) is 1. The Labute approximate surface area is 112 Å². The first kappa shape index (κ1) is 15.3. The van der Waals surface area contributed by atoms with Gasteiger partial charge in [-0.15, -0.1) is 0 Å². The molecule has 0 atom stereocenters. The fraction of sp³-hybridized carbons (Fsp3) is 0.583. The van der Waals surface area contributed by atoms with Crippen LogP contribution in [-0.2, 0) is 4.74 Å². The van der Waals surface area contributed by atoms with E-state index in [1.807, 2.05) is 14.1 Å². The molecular formula is C12H20N4O3. The fourth-order valence-electron chi connectivity index (χ4n) is 1.44. The van der Waals surface area contributed by atoms with E-state index in [0.717, 1.165) is 12.1 Å². The largest absolute Gasteiger partial charge is 0.378 e. The van der Waals surface area contributed by atoms with Gasteiger partial charge in [-0.05, 0) is 26.6 Å². The number of rotatable bonds is 8. The third-order valence-corrected chi connectivity index (χ3v) is 2.50. The number of likely N-dealkylation sites (N-methyl/N-ethyl adjacent to an activating group) is 1. The first-order chi connectivity index (χ1) is 9.00. The lowest BCUT2D eigenvalue weighted by Crippen LogP contribution is -2.20. The Morgan fingerprint density at radius 3 is 2.79 bits per heavy atom. The second kappa shape index (κ2) is 7.65. The Balaban J connectivity index is 2.32. The normalized spacial score (nSPS) is 10.7. The van der Waals surface area contributed by atoms with Gasteiger partial charge in [0.1, 0.15) is 12.0 Å². The van der Waals surface area contributed by atoms with Gasteiger partial charge in [0.25, 0.3) is 5.69 Å². The average Bonchev–Trinajstić information content (AvgIpc) is 2.34. The molecule has 1 N–H and O–H groups in total. The Kier molecular flexibility index (Phi) is 6.17. The molecule has 1 heterocycles. The maximum Gasteiger partial charge on any atom is 0.287 e. The number of pyridine rings is 1. The molecule has 0 spiro atoms. The minimum atomic E-state index is -0.450. The predicted molar refractivity (Wildman–Crippen MR) is 73.5 cm³/mol. The summed E-state index contributed by atoms with van der Waals surface area (Å²) in [5.74, 6) is 0.654. The standard InChI is InChI=1S/C12H20N4O3/c1-10-8-11(16(17)18)9-14-12(10)13-4-6-19-7-5-15(2)3/h8-9H,4-7H2,1-3H3,(H,13,14). The zero-order valence-corrected chi connectivity index (χ0v) is 11.5. The SMILES string of the molecule is Cc1cc([N+](=O)[O-])cnc1NCCOCCN(C)C. The first-order valence-corrected chi connectivity index (χ1v) is 6.08. The van der Waals surface area contributed by atoms with Gasteiger partial charge in [0.05, 0.1) is 18.1 Å². The Hall–Kier alpha value is -1.73. The lowest BCUT2D eigenvalue weighted by atomic mass is 10.2. The molecule has 0 radical (unpaired) electrons. The summed E-state index contributed by atoms with van der Waals surface area (Å²) < 4.78 is 5.43. The van der Waals surface area contributed by atoms with Crippen molar-refractivity contribution in [2.45, 2.75) is 6.92 Å². The zero-order chi connectivity index (χ0) is 14.3. The van der Waals surface area contributed by atoms with Crippen LogP contribution in [0.3, 0.4) is 0 Å². The molecule has 0 unspecified atom stereocenters. The molecule has 0 aliphatic heterocycles. The molecule has 1 rings (SSSR count). The highest BCUT2D eigenvalue weighted by molar-refractivity contribution is 5.48. The van der Waals surface area contributed by atoms with Crippen molar-refractivity contribution < 1.29 is 9.66 Å². The molecule has 7 heteroatoms. The molecule has 0 amide bonds. The number of nitrogens with one attached hydrogen (secondary N) is 1. The van der Waals surface area contributed by atoms with Gasteiger partial charge in [0.15, 0.2) is 0 Å². The molecule has 1 aromatic rings. The Morgan fingerprint density at radius 1 is 1.47 bits per heavy atom. The van der Waals surface area contributed by atoms with E-state index in [9.17, 15) is 10.1 Å². The van der Waals surface area contributed by atoms with Gasteiger partial charge in [0, 0.05) is 19.2 Å². The number of nitrogens with zero attached hydrogens (tertiary/aromatic N) is 3. The molecular weight excluding hydrogens is 248 g/mol. The van der Waals surface area contributed by atoms with Crippen molar-refractivity contribution in [1.29, 1.82) is 0 Å². The number of nitro groups is 1. The van der Waals surface area contributed by atoms with Crippen molar-refractivity contribution in [2.75, 3.05) is 45.7 Å². The second-order valence-corrected chi connectivity index (χ2v) is 4.46. The molecule has 106 valence electrons. The monoisotopic (exact) mass is 268 g/mol. The predicted octanol–water partition coefficient (Wildman–Crippen LogP) is 1.29. The van der Waals surface area contributed by atoms with Gasteiger partial charge >= 0.3 is 0 Å². The van der Waals surface area contributed by atoms with E-state index in [1.165, 1.54) is 12.3 Å². The van der Waals surface area contributed by atoms with Crippen molar-refractivity contribution in [3.05, 3.63) is 27.9 Å². The van der Waals surface area contributed by atoms with E-state index in [4.69, 9.17) is 4.74 Å². The number of anilines is 1. The third kappa shape index (κ3) is 5.62. The summed E-state index contributed by atoms with van der Waals surface area (Å²) >= 11 is 0. The molecule has 0 fully saturated rings. The van der Waals surface area contributed by atoms with Crippen molar-refractivity contribution >= 4 is 11.5 Å². The topological polar surface area (TPSA) is 80.5 Å². The van der Waals surface area contributed by atoms with Gasteiger partial charge < -0.3 is 15.0 Å². The van der Waals surface area contributed by atoms with E-state index >= 15 is 0 Å². The Bertz CT molecular complexity index is 423. The van der Waals surface area contributed by atoms with E-state index < -0.39 is 4.92 Å². The summed E-state index contributed by atoms with van der Waals surface area (Å²) in [6, 6.07) is 1.50. The lowest BCUT2D eigenvalue weighted by Gasteiger charge is -2.11. The van der Waals surface area contributed by atoms with E-state index in [1.54, 1.807) is 6.92 Å². The summed E-state index contributed by atoms with van der Waals surface area (Å²) in [4.78, 5) is 16.2. The molecule has 0 aliphatic carbocycles.